The molecule has 0 unspecified atom stereocenters. The first-order valence-corrected chi connectivity index (χ1v) is 8.05. The van der Waals surface area contributed by atoms with E-state index in [1.54, 1.807) is 4.90 Å². The zero-order chi connectivity index (χ0) is 16.8. The molecule has 1 aromatic rings. The van der Waals surface area contributed by atoms with Gasteiger partial charge in [-0.2, -0.15) is 0 Å². The van der Waals surface area contributed by atoms with Crippen LogP contribution in [-0.4, -0.2) is 36.5 Å². The highest BCUT2D eigenvalue weighted by Crippen LogP contribution is 2.18. The number of nitrogens with one attached hydrogen (secondary N) is 2. The van der Waals surface area contributed by atoms with Gasteiger partial charge < -0.3 is 15.5 Å². The second-order valence-corrected chi connectivity index (χ2v) is 6.36. The molecule has 1 fully saturated rings. The molecule has 2 N–H and O–H groups in total. The maximum absolute atomic E-state index is 12.9. The molecule has 3 amide bonds. The third kappa shape index (κ3) is 5.23. The zero-order valence-corrected chi connectivity index (χ0v) is 13.6. The number of anilines is 1. The number of halogens is 1. The maximum Gasteiger partial charge on any atom is 0.321 e. The number of nitrogens with zero attached hydrogens (tertiary/aromatic N) is 1. The maximum atomic E-state index is 12.9. The number of hydrogen-bond acceptors (Lipinski definition) is 2. The molecule has 0 bridgehead atoms. The summed E-state index contributed by atoms with van der Waals surface area (Å²) in [5, 5.41) is 5.67. The van der Waals surface area contributed by atoms with Crippen molar-refractivity contribution in [2.45, 2.75) is 26.7 Å². The molecule has 1 saturated heterocycles. The number of hydrogen-bond donors (Lipinski definition) is 2. The Morgan fingerprint density at radius 2 is 2.00 bits per heavy atom. The van der Waals surface area contributed by atoms with E-state index in [2.05, 4.69) is 10.6 Å². The molecular formula is C17H24FN3O2. The molecule has 0 spiro atoms. The van der Waals surface area contributed by atoms with E-state index in [9.17, 15) is 14.0 Å². The summed E-state index contributed by atoms with van der Waals surface area (Å²) in [6.07, 6.45) is 1.60. The third-order valence-corrected chi connectivity index (χ3v) is 3.86. The average molecular weight is 321 g/mol. The second kappa shape index (κ2) is 7.94. The molecule has 2 rings (SSSR count). The molecule has 0 saturated carbocycles. The van der Waals surface area contributed by atoms with Gasteiger partial charge in [0.05, 0.1) is 5.92 Å². The number of rotatable bonds is 4. The van der Waals surface area contributed by atoms with E-state index in [0.29, 0.717) is 31.2 Å². The Morgan fingerprint density at radius 3 is 2.65 bits per heavy atom. The summed E-state index contributed by atoms with van der Waals surface area (Å²) in [5.74, 6) is -0.0947. The van der Waals surface area contributed by atoms with Crippen LogP contribution < -0.4 is 10.6 Å². The second-order valence-electron chi connectivity index (χ2n) is 6.36. The Morgan fingerprint density at radius 1 is 1.30 bits per heavy atom. The summed E-state index contributed by atoms with van der Waals surface area (Å²) in [7, 11) is 0. The number of piperidine rings is 1. The Labute approximate surface area is 136 Å². The zero-order valence-electron chi connectivity index (χ0n) is 13.6. The van der Waals surface area contributed by atoms with Gasteiger partial charge in [0.2, 0.25) is 5.91 Å². The summed E-state index contributed by atoms with van der Waals surface area (Å²) in [6.45, 7) is 5.78. The molecule has 1 aliphatic heterocycles. The highest BCUT2D eigenvalue weighted by molar-refractivity contribution is 5.90. The van der Waals surface area contributed by atoms with Crippen LogP contribution in [0, 0.1) is 17.7 Å². The van der Waals surface area contributed by atoms with Crippen LogP contribution in [0.15, 0.2) is 24.3 Å². The van der Waals surface area contributed by atoms with Gasteiger partial charge in [0.25, 0.3) is 0 Å². The summed E-state index contributed by atoms with van der Waals surface area (Å²) < 4.78 is 12.9. The van der Waals surface area contributed by atoms with Crippen LogP contribution in [0.4, 0.5) is 14.9 Å². The first-order chi connectivity index (χ1) is 11.0. The minimum atomic E-state index is -0.345. The Hall–Kier alpha value is -2.11. The van der Waals surface area contributed by atoms with Crippen molar-refractivity contribution in [1.29, 1.82) is 0 Å². The van der Waals surface area contributed by atoms with E-state index in [1.807, 2.05) is 13.8 Å². The topological polar surface area (TPSA) is 61.4 Å². The van der Waals surface area contributed by atoms with Crippen molar-refractivity contribution in [3.8, 4) is 0 Å². The lowest BCUT2D eigenvalue weighted by molar-refractivity contribution is -0.126. The van der Waals surface area contributed by atoms with E-state index >= 15 is 0 Å². The summed E-state index contributed by atoms with van der Waals surface area (Å²) in [6, 6.07) is 5.38. The van der Waals surface area contributed by atoms with Crippen LogP contribution in [0.5, 0.6) is 0 Å². The van der Waals surface area contributed by atoms with E-state index in [1.165, 1.54) is 24.3 Å². The van der Waals surface area contributed by atoms with Crippen LogP contribution in [0.3, 0.4) is 0 Å². The molecule has 0 radical (unpaired) electrons. The molecule has 126 valence electrons. The van der Waals surface area contributed by atoms with Crippen LogP contribution >= 0.6 is 0 Å². The van der Waals surface area contributed by atoms with Crippen LogP contribution in [0.25, 0.3) is 0 Å². The molecular weight excluding hydrogens is 297 g/mol. The average Bonchev–Trinajstić information content (AvgIpc) is 2.54. The van der Waals surface area contributed by atoms with Gasteiger partial charge >= 0.3 is 6.03 Å². The minimum Gasteiger partial charge on any atom is -0.356 e. The number of amides is 3. The fourth-order valence-electron chi connectivity index (χ4n) is 2.56. The van der Waals surface area contributed by atoms with Crippen LogP contribution in [-0.2, 0) is 4.79 Å². The van der Waals surface area contributed by atoms with Crippen molar-refractivity contribution in [2.24, 2.45) is 11.8 Å². The predicted octanol–water partition coefficient (Wildman–Crippen LogP) is 2.84. The summed E-state index contributed by atoms with van der Waals surface area (Å²) in [5.41, 5.74) is 0.544. The van der Waals surface area contributed by atoms with Gasteiger partial charge in [-0.15, -0.1) is 0 Å². The molecule has 1 heterocycles. The van der Waals surface area contributed by atoms with Crippen molar-refractivity contribution in [1.82, 2.24) is 10.2 Å². The lowest BCUT2D eigenvalue weighted by Gasteiger charge is -2.32. The number of urea groups is 1. The minimum absolute atomic E-state index is 0.0120. The molecule has 23 heavy (non-hydrogen) atoms. The van der Waals surface area contributed by atoms with Crippen molar-refractivity contribution in [2.75, 3.05) is 25.0 Å². The molecule has 0 aromatic heterocycles. The number of carbonyl (C=O) groups is 2. The van der Waals surface area contributed by atoms with Gasteiger partial charge in [-0.1, -0.05) is 13.8 Å². The van der Waals surface area contributed by atoms with Crippen LogP contribution in [0.1, 0.15) is 26.7 Å². The SMILES string of the molecule is CC(C)CNC(=O)[C@@H]1CCCN(C(=O)Nc2ccc(F)cc2)C1. The standard InChI is InChI=1S/C17H24FN3O2/c1-12(2)10-19-16(22)13-4-3-9-21(11-13)17(23)20-15-7-5-14(18)6-8-15/h5-8,12-13H,3-4,9-11H2,1-2H3,(H,19,22)(H,20,23)/t13-/m1/s1. The normalized spacial score (nSPS) is 17.9. The quantitative estimate of drug-likeness (QED) is 0.896. The summed E-state index contributed by atoms with van der Waals surface area (Å²) in [4.78, 5) is 26.1. The van der Waals surface area contributed by atoms with Gasteiger partial charge in [-0.3, -0.25) is 4.79 Å². The van der Waals surface area contributed by atoms with E-state index in [0.717, 1.165) is 12.8 Å². The fraction of sp³-hybridized carbons (Fsp3) is 0.529. The molecule has 1 aromatic carbocycles. The largest absolute Gasteiger partial charge is 0.356 e. The predicted molar refractivity (Wildman–Crippen MR) is 87.6 cm³/mol. The van der Waals surface area contributed by atoms with Crippen molar-refractivity contribution >= 4 is 17.6 Å². The number of carbonyl (C=O) groups excluding carboxylic acids is 2. The molecule has 0 aliphatic carbocycles. The Kier molecular flexibility index (Phi) is 5.96. The molecule has 5 nitrogen and oxygen atoms in total. The molecule has 1 atom stereocenters. The Bertz CT molecular complexity index is 545. The van der Waals surface area contributed by atoms with Crippen molar-refractivity contribution in [3.05, 3.63) is 30.1 Å². The highest BCUT2D eigenvalue weighted by atomic mass is 19.1. The summed E-state index contributed by atoms with van der Waals surface area (Å²) >= 11 is 0. The van der Waals surface area contributed by atoms with Gasteiger partial charge in [-0.25, -0.2) is 9.18 Å². The van der Waals surface area contributed by atoms with Gasteiger partial charge in [0.15, 0.2) is 0 Å². The lowest BCUT2D eigenvalue weighted by atomic mass is 9.97. The first kappa shape index (κ1) is 17.2. The molecule has 1 aliphatic rings. The third-order valence-electron chi connectivity index (χ3n) is 3.86. The van der Waals surface area contributed by atoms with Gasteiger partial charge in [-0.05, 0) is 43.0 Å². The van der Waals surface area contributed by atoms with E-state index in [4.69, 9.17) is 0 Å². The van der Waals surface area contributed by atoms with Crippen LogP contribution in [0.2, 0.25) is 0 Å². The van der Waals surface area contributed by atoms with Gasteiger partial charge in [0.1, 0.15) is 5.82 Å². The fourth-order valence-corrected chi connectivity index (χ4v) is 2.56. The monoisotopic (exact) mass is 321 g/mol. The smallest absolute Gasteiger partial charge is 0.321 e. The number of likely N-dealkylation sites (tertiary alicyclic amines) is 1. The van der Waals surface area contributed by atoms with Crippen molar-refractivity contribution < 1.29 is 14.0 Å². The molecule has 6 heteroatoms. The van der Waals surface area contributed by atoms with Gasteiger partial charge in [0, 0.05) is 25.3 Å². The van der Waals surface area contributed by atoms with E-state index < -0.39 is 0 Å². The van der Waals surface area contributed by atoms with Crippen molar-refractivity contribution in [3.63, 3.8) is 0 Å². The number of benzene rings is 1. The van der Waals surface area contributed by atoms with E-state index in [-0.39, 0.29) is 23.7 Å². The highest BCUT2D eigenvalue weighted by Gasteiger charge is 2.28. The first-order valence-electron chi connectivity index (χ1n) is 8.05. The lowest BCUT2D eigenvalue weighted by Crippen LogP contribution is -2.47. The Balaban J connectivity index is 1.88.